The van der Waals surface area contributed by atoms with Crippen molar-refractivity contribution in [2.75, 3.05) is 13.1 Å². The maximum atomic E-state index is 13.1. The summed E-state index contributed by atoms with van der Waals surface area (Å²) < 4.78 is 59.9. The molecule has 16 heavy (non-hydrogen) atoms. The highest BCUT2D eigenvalue weighted by Crippen LogP contribution is 2.16. The van der Waals surface area contributed by atoms with Crippen molar-refractivity contribution in [2.45, 2.75) is 18.0 Å². The first-order valence-electron chi connectivity index (χ1n) is 4.15. The van der Waals surface area contributed by atoms with Crippen molar-refractivity contribution in [3.05, 3.63) is 0 Å². The molecule has 0 aliphatic carbocycles. The number of carbonyl (C=O) groups is 1. The van der Waals surface area contributed by atoms with E-state index in [1.165, 1.54) is 4.72 Å². The summed E-state index contributed by atoms with van der Waals surface area (Å²) in [6.45, 7) is -1.02. The van der Waals surface area contributed by atoms with Crippen molar-refractivity contribution in [3.63, 3.8) is 0 Å². The Labute approximate surface area is 89.1 Å². The van der Waals surface area contributed by atoms with Crippen LogP contribution in [-0.2, 0) is 10.0 Å². The molecule has 0 radical (unpaired) electrons. The van der Waals surface area contributed by atoms with Crippen molar-refractivity contribution in [1.29, 1.82) is 0 Å². The van der Waals surface area contributed by atoms with Crippen LogP contribution in [0.2, 0.25) is 0 Å². The van der Waals surface area contributed by atoms with Crippen LogP contribution in [0.3, 0.4) is 0 Å². The number of sulfonamides is 1. The molecule has 1 amide bonds. The lowest BCUT2D eigenvalue weighted by atomic mass is 10.2. The minimum atomic E-state index is -4.91. The Hall–Kier alpha value is -1.03. The van der Waals surface area contributed by atoms with Gasteiger partial charge < -0.3 is 10.0 Å². The highest BCUT2D eigenvalue weighted by atomic mass is 32.2. The number of rotatable bonds is 3. The van der Waals surface area contributed by atoms with Gasteiger partial charge in [-0.2, -0.15) is 8.78 Å². The van der Waals surface area contributed by atoms with Gasteiger partial charge in [-0.25, -0.2) is 22.3 Å². The van der Waals surface area contributed by atoms with Gasteiger partial charge in [0, 0.05) is 6.54 Å². The van der Waals surface area contributed by atoms with Crippen molar-refractivity contribution < 1.29 is 31.5 Å². The van der Waals surface area contributed by atoms with E-state index >= 15 is 0 Å². The number of carboxylic acid groups (broad SMARTS) is 1. The van der Waals surface area contributed by atoms with E-state index in [-0.39, 0.29) is 0 Å². The molecule has 94 valence electrons. The van der Waals surface area contributed by atoms with Gasteiger partial charge in [0.25, 0.3) is 10.0 Å². The number of amides is 1. The average molecular weight is 262 g/mol. The van der Waals surface area contributed by atoms with Crippen LogP contribution in [0, 0.1) is 0 Å². The van der Waals surface area contributed by atoms with Crippen LogP contribution in [-0.4, -0.2) is 55.6 Å². The minimum Gasteiger partial charge on any atom is -0.465 e. The highest BCUT2D eigenvalue weighted by Gasteiger charge is 2.39. The molecule has 0 bridgehead atoms. The predicted molar refractivity (Wildman–Crippen MR) is 46.3 cm³/mol. The molecule has 1 heterocycles. The fraction of sp³-hybridized carbons (Fsp3) is 0.833. The number of alkyl halides is 3. The lowest BCUT2D eigenvalue weighted by molar-refractivity contribution is 0.152. The SMILES string of the molecule is O=C(O)N1CC(F)C(NS(=O)(=O)C(F)F)C1. The van der Waals surface area contributed by atoms with Gasteiger partial charge >= 0.3 is 11.9 Å². The van der Waals surface area contributed by atoms with Crippen LogP contribution in [0.4, 0.5) is 18.0 Å². The third-order valence-electron chi connectivity index (χ3n) is 2.07. The van der Waals surface area contributed by atoms with Gasteiger partial charge in [0.05, 0.1) is 12.6 Å². The molecule has 1 rings (SSSR count). The lowest BCUT2D eigenvalue weighted by Crippen LogP contribution is -2.43. The fourth-order valence-electron chi connectivity index (χ4n) is 1.29. The van der Waals surface area contributed by atoms with Crippen LogP contribution in [0.1, 0.15) is 0 Å². The smallest absolute Gasteiger partial charge is 0.407 e. The summed E-state index contributed by atoms with van der Waals surface area (Å²) in [6, 6.07) is -1.46. The Kier molecular flexibility index (Phi) is 3.63. The monoisotopic (exact) mass is 262 g/mol. The Morgan fingerprint density at radius 3 is 2.38 bits per heavy atom. The molecule has 1 saturated heterocycles. The molecule has 2 unspecified atom stereocenters. The van der Waals surface area contributed by atoms with Gasteiger partial charge in [-0.3, -0.25) is 0 Å². The van der Waals surface area contributed by atoms with E-state index in [2.05, 4.69) is 0 Å². The predicted octanol–water partition coefficient (Wildman–Crippen LogP) is -0.171. The van der Waals surface area contributed by atoms with Gasteiger partial charge in [0.15, 0.2) is 0 Å². The van der Waals surface area contributed by atoms with Gasteiger partial charge in [0.2, 0.25) is 0 Å². The topological polar surface area (TPSA) is 86.7 Å². The second-order valence-electron chi connectivity index (χ2n) is 3.23. The molecule has 10 heteroatoms. The average Bonchev–Trinajstić information content (AvgIpc) is 2.47. The van der Waals surface area contributed by atoms with Crippen LogP contribution in [0.15, 0.2) is 0 Å². The first-order valence-corrected chi connectivity index (χ1v) is 5.70. The van der Waals surface area contributed by atoms with Gasteiger partial charge in [-0.15, -0.1) is 0 Å². The first-order chi connectivity index (χ1) is 7.24. The summed E-state index contributed by atoms with van der Waals surface area (Å²) in [5.74, 6) is -3.67. The zero-order valence-electron chi connectivity index (χ0n) is 7.81. The van der Waals surface area contributed by atoms with Gasteiger partial charge in [0.1, 0.15) is 6.17 Å². The maximum absolute atomic E-state index is 13.1. The number of halogens is 3. The molecule has 1 aliphatic rings. The van der Waals surface area contributed by atoms with E-state index in [4.69, 9.17) is 5.11 Å². The third-order valence-corrected chi connectivity index (χ3v) is 3.17. The summed E-state index contributed by atoms with van der Waals surface area (Å²) in [4.78, 5) is 11.0. The quantitative estimate of drug-likeness (QED) is 0.739. The molecule has 0 aromatic rings. The lowest BCUT2D eigenvalue weighted by Gasteiger charge is -2.13. The number of nitrogens with one attached hydrogen (secondary N) is 1. The molecule has 0 saturated carbocycles. The van der Waals surface area contributed by atoms with Crippen LogP contribution in [0.5, 0.6) is 0 Å². The second-order valence-corrected chi connectivity index (χ2v) is 4.92. The van der Waals surface area contributed by atoms with E-state index in [1.807, 2.05) is 0 Å². The maximum Gasteiger partial charge on any atom is 0.407 e. The Balaban J connectivity index is 2.67. The Morgan fingerprint density at radius 1 is 1.44 bits per heavy atom. The molecular weight excluding hydrogens is 253 g/mol. The van der Waals surface area contributed by atoms with Crippen LogP contribution in [0.25, 0.3) is 0 Å². The first kappa shape index (κ1) is 13.0. The molecule has 1 aliphatic heterocycles. The molecule has 2 N–H and O–H groups in total. The number of nitrogens with zero attached hydrogens (tertiary/aromatic N) is 1. The standard InChI is InChI=1S/C6H9F3N2O4S/c7-3-1-11(6(12)13)2-4(3)10-16(14,15)5(8)9/h3-5,10H,1-2H2,(H,12,13). The summed E-state index contributed by atoms with van der Waals surface area (Å²) in [5, 5.41) is 8.49. The Morgan fingerprint density at radius 2 is 2.00 bits per heavy atom. The molecular formula is C6H9F3N2O4S. The molecule has 0 spiro atoms. The zero-order valence-corrected chi connectivity index (χ0v) is 8.62. The summed E-state index contributed by atoms with van der Waals surface area (Å²) in [6.07, 6.45) is -3.26. The second kappa shape index (κ2) is 4.45. The fourth-order valence-corrected chi connectivity index (χ4v) is 2.04. The molecule has 2 atom stereocenters. The van der Waals surface area contributed by atoms with E-state index in [0.29, 0.717) is 4.90 Å². The van der Waals surface area contributed by atoms with Crippen molar-refractivity contribution in [2.24, 2.45) is 0 Å². The molecule has 1 fully saturated rings. The molecule has 0 aromatic carbocycles. The van der Waals surface area contributed by atoms with Crippen molar-refractivity contribution in [1.82, 2.24) is 9.62 Å². The van der Waals surface area contributed by atoms with E-state index in [9.17, 15) is 26.4 Å². The van der Waals surface area contributed by atoms with Crippen LogP contribution >= 0.6 is 0 Å². The van der Waals surface area contributed by atoms with Crippen molar-refractivity contribution in [3.8, 4) is 0 Å². The van der Waals surface area contributed by atoms with Crippen molar-refractivity contribution >= 4 is 16.1 Å². The van der Waals surface area contributed by atoms with Gasteiger partial charge in [-0.05, 0) is 0 Å². The highest BCUT2D eigenvalue weighted by molar-refractivity contribution is 7.89. The van der Waals surface area contributed by atoms with E-state index in [0.717, 1.165) is 0 Å². The summed E-state index contributed by atoms with van der Waals surface area (Å²) in [7, 11) is -4.91. The van der Waals surface area contributed by atoms with Gasteiger partial charge in [-0.1, -0.05) is 0 Å². The van der Waals surface area contributed by atoms with E-state index in [1.54, 1.807) is 0 Å². The Bertz CT molecular complexity index is 374. The molecule has 6 nitrogen and oxygen atoms in total. The number of likely N-dealkylation sites (tertiary alicyclic amines) is 1. The van der Waals surface area contributed by atoms with Crippen LogP contribution < -0.4 is 4.72 Å². The number of hydrogen-bond donors (Lipinski definition) is 2. The summed E-state index contributed by atoms with van der Waals surface area (Å²) in [5.41, 5.74) is 0. The van der Waals surface area contributed by atoms with E-state index < -0.39 is 47.2 Å². The summed E-state index contributed by atoms with van der Waals surface area (Å²) >= 11 is 0. The minimum absolute atomic E-state index is 0.484. The largest absolute Gasteiger partial charge is 0.465 e. The molecule has 0 aromatic heterocycles. The number of hydrogen-bond acceptors (Lipinski definition) is 3. The zero-order chi connectivity index (χ0) is 12.5. The third kappa shape index (κ3) is 2.76. The normalized spacial score (nSPS) is 26.4.